The van der Waals surface area contributed by atoms with Crippen molar-refractivity contribution in [1.82, 2.24) is 20.7 Å². The molecule has 25 heteroatoms. The lowest BCUT2D eigenvalue weighted by Gasteiger charge is -2.22. The third-order valence-electron chi connectivity index (χ3n) is 8.21. The van der Waals surface area contributed by atoms with Crippen LogP contribution in [-0.4, -0.2) is 97.1 Å². The number of guanidine groups is 2. The molecule has 0 fully saturated rings. The summed E-state index contributed by atoms with van der Waals surface area (Å²) >= 11 is 0. The third kappa shape index (κ3) is 23.2. The van der Waals surface area contributed by atoms with Gasteiger partial charge in [-0.25, -0.2) is 23.1 Å². The molecular weight excluding hydrogens is 890 g/mol. The summed E-state index contributed by atoms with van der Waals surface area (Å²) in [5.41, 5.74) is 35.0. The summed E-state index contributed by atoms with van der Waals surface area (Å²) in [6, 6.07) is 27.6. The number of sulfonamides is 1. The van der Waals surface area contributed by atoms with Gasteiger partial charge in [-0.15, -0.1) is 12.4 Å². The number of primary amides is 1. The number of amides is 4. The van der Waals surface area contributed by atoms with Gasteiger partial charge in [0.15, 0.2) is 11.9 Å². The molecule has 18 N–H and O–H groups in total. The van der Waals surface area contributed by atoms with Crippen molar-refractivity contribution in [2.24, 2.45) is 44.4 Å². The maximum atomic E-state index is 13.1. The van der Waals surface area contributed by atoms with E-state index in [9.17, 15) is 42.8 Å². The highest BCUT2D eigenvalue weighted by molar-refractivity contribution is 7.88. The normalized spacial score (nSPS) is 11.7. The van der Waals surface area contributed by atoms with Crippen molar-refractivity contribution in [3.05, 3.63) is 142 Å². The van der Waals surface area contributed by atoms with Crippen LogP contribution in [-0.2, 0) is 43.1 Å². The van der Waals surface area contributed by atoms with Gasteiger partial charge in [-0.2, -0.15) is 0 Å². The van der Waals surface area contributed by atoms with Crippen LogP contribution in [0.2, 0.25) is 0 Å². The van der Waals surface area contributed by atoms with E-state index in [1.807, 2.05) is 35.6 Å². The van der Waals surface area contributed by atoms with Crippen molar-refractivity contribution in [2.45, 2.75) is 43.3 Å². The van der Waals surface area contributed by atoms with E-state index in [0.29, 0.717) is 28.9 Å². The molecule has 0 aliphatic heterocycles. The number of rotatable bonds is 20. The zero-order chi connectivity index (χ0) is 47.7. The van der Waals surface area contributed by atoms with Gasteiger partial charge in [-0.3, -0.25) is 34.6 Å². The summed E-state index contributed by atoms with van der Waals surface area (Å²) in [7, 11) is -3.96. The Bertz CT molecular complexity index is 2290. The van der Waals surface area contributed by atoms with Crippen molar-refractivity contribution in [3.63, 3.8) is 0 Å². The molecule has 4 aromatic rings. The summed E-state index contributed by atoms with van der Waals surface area (Å²) < 4.78 is 27.5. The predicted molar refractivity (Wildman–Crippen MR) is 246 cm³/mol. The van der Waals surface area contributed by atoms with E-state index in [1.165, 1.54) is 0 Å². The van der Waals surface area contributed by atoms with Gasteiger partial charge >= 0.3 is 0 Å². The fraction of sp³-hybridized carbons (Fsp3) is 0.250. The Balaban J connectivity index is 0.000000687. The minimum absolute atomic E-state index is 0. The van der Waals surface area contributed by atoms with Crippen LogP contribution >= 0.6 is 12.4 Å². The van der Waals surface area contributed by atoms with Crippen molar-refractivity contribution in [3.8, 4) is 0 Å². The maximum absolute atomic E-state index is 13.1. The number of carbonyl (C=O) groups is 4. The van der Waals surface area contributed by atoms with Crippen LogP contribution in [0.5, 0.6) is 0 Å². The molecule has 2 unspecified atom stereocenters. The van der Waals surface area contributed by atoms with Crippen LogP contribution in [0.3, 0.4) is 0 Å². The fourth-order valence-corrected chi connectivity index (χ4v) is 6.41. The number of nitrogens with zero attached hydrogens (tertiary/aromatic N) is 3. The second-order valence-corrected chi connectivity index (χ2v) is 15.1. The number of aliphatic hydroxyl groups excluding tert-OH is 2. The summed E-state index contributed by atoms with van der Waals surface area (Å²) in [6.45, 7) is -1.81. The van der Waals surface area contributed by atoms with E-state index >= 15 is 0 Å². The molecule has 0 aliphatic rings. The Kier molecular flexibility index (Phi) is 25.1. The average molecular weight is 944 g/mol. The minimum Gasteiger partial charge on any atom is -0.394 e. The molecule has 0 saturated heterocycles. The van der Waals surface area contributed by atoms with E-state index in [2.05, 4.69) is 25.3 Å². The number of nitro groups is 1. The summed E-state index contributed by atoms with van der Waals surface area (Å²) in [6.07, 6.45) is 0.732. The standard InChI is InChI=1S/C28H34N6O5S.C8H10N4O.C4H9N3O4.ClH/c29-28(30)32-23-14-11-21(12-15-23)17-31-26(36)24(16-13-20-7-3-1-4-8-20)33-27(37)25(18-35)34-40(38,39)19-22-9-5-2-6-10-22;9-7(13)5-1-3-6(4-2-5)12-8(10)11;5-3(1-8)4(9)6-2-7(10)11;/h1-12,14-15,24-25,34-35H,13,16-19H2,(H,31,36)(H,33,37)(H4,29,30,32);1-4H,(H2,9,13)(H4,10,11,12);3,8H,1-2,5H2,(H,6,9);1H/t;;3-;/m..0./s1. The van der Waals surface area contributed by atoms with Crippen LogP contribution in [0, 0.1) is 10.1 Å². The van der Waals surface area contributed by atoms with Gasteiger partial charge in [-0.1, -0.05) is 72.8 Å². The third-order valence-corrected chi connectivity index (χ3v) is 9.56. The lowest BCUT2D eigenvalue weighted by molar-refractivity contribution is -0.483. The highest BCUT2D eigenvalue weighted by Gasteiger charge is 2.28. The van der Waals surface area contributed by atoms with E-state index in [4.69, 9.17) is 39.5 Å². The van der Waals surface area contributed by atoms with Crippen LogP contribution in [0.25, 0.3) is 0 Å². The van der Waals surface area contributed by atoms with Gasteiger partial charge in [0.05, 0.1) is 30.3 Å². The molecule has 3 atom stereocenters. The molecule has 0 heterocycles. The Hall–Kier alpha value is -7.22. The second kappa shape index (κ2) is 29.2. The first-order valence-corrected chi connectivity index (χ1v) is 20.7. The molecular formula is C40H54ClN13O10S. The second-order valence-electron chi connectivity index (χ2n) is 13.4. The zero-order valence-electron chi connectivity index (χ0n) is 34.9. The monoisotopic (exact) mass is 943 g/mol. The van der Waals surface area contributed by atoms with Crippen molar-refractivity contribution in [2.75, 3.05) is 19.9 Å². The van der Waals surface area contributed by atoms with Crippen LogP contribution in [0.1, 0.15) is 33.5 Å². The number of carbonyl (C=O) groups excluding carboxylic acids is 4. The SMILES string of the molecule is Cl.NC(=O)c1ccc(N=C(N)N)cc1.NC(N)=Nc1ccc(CNC(=O)C(CCc2ccccc2)NC(=O)C(CO)NS(=O)(=O)Cc2ccccc2)cc1.N[C@@H](CO)C(=O)NC[N+](=O)[O-]. The molecule has 4 amide bonds. The molecule has 65 heavy (non-hydrogen) atoms. The number of aliphatic imine (C=N–C) groups is 2. The van der Waals surface area contributed by atoms with Gasteiger partial charge in [0.1, 0.15) is 18.1 Å². The maximum Gasteiger partial charge on any atom is 0.277 e. The topological polar surface area (TPSA) is 415 Å². The van der Waals surface area contributed by atoms with Gasteiger partial charge < -0.3 is 55.2 Å². The quantitative estimate of drug-likeness (QED) is 0.0159. The summed E-state index contributed by atoms with van der Waals surface area (Å²) in [4.78, 5) is 64.1. The Labute approximate surface area is 380 Å². The van der Waals surface area contributed by atoms with Crippen LogP contribution in [0.15, 0.2) is 119 Å². The largest absolute Gasteiger partial charge is 0.394 e. The number of nitrogens with two attached hydrogens (primary N) is 6. The minimum atomic E-state index is -3.96. The number of aliphatic hydroxyl groups is 2. The smallest absolute Gasteiger partial charge is 0.277 e. The van der Waals surface area contributed by atoms with Crippen molar-refractivity contribution < 1.29 is 42.7 Å². The predicted octanol–water partition coefficient (Wildman–Crippen LogP) is -1.43. The van der Waals surface area contributed by atoms with E-state index < -0.39 is 76.6 Å². The first kappa shape index (κ1) is 55.8. The molecule has 23 nitrogen and oxygen atoms in total. The number of halogens is 1. The van der Waals surface area contributed by atoms with Crippen LogP contribution < -0.4 is 55.1 Å². The lowest BCUT2D eigenvalue weighted by Crippen LogP contribution is -2.55. The number of hydrogen-bond donors (Lipinski definition) is 12. The number of hydrogen-bond acceptors (Lipinski definition) is 13. The van der Waals surface area contributed by atoms with E-state index in [0.717, 1.165) is 11.1 Å². The molecule has 0 saturated carbocycles. The van der Waals surface area contributed by atoms with Gasteiger partial charge in [0.25, 0.3) is 6.67 Å². The number of nitrogens with one attached hydrogen (secondary N) is 4. The molecule has 0 bridgehead atoms. The van der Waals surface area contributed by atoms with Gasteiger partial charge in [0, 0.05) is 17.0 Å². The molecule has 0 radical (unpaired) electrons. The summed E-state index contributed by atoms with van der Waals surface area (Å²) in [5, 5.41) is 35.1. The molecule has 4 rings (SSSR count). The van der Waals surface area contributed by atoms with Crippen molar-refractivity contribution >= 4 is 69.4 Å². The first-order chi connectivity index (χ1) is 30.3. The molecule has 0 spiro atoms. The Morgan fingerprint density at radius 3 is 1.63 bits per heavy atom. The molecule has 4 aromatic carbocycles. The van der Waals surface area contributed by atoms with Crippen molar-refractivity contribution in [1.29, 1.82) is 0 Å². The zero-order valence-corrected chi connectivity index (χ0v) is 36.5. The van der Waals surface area contributed by atoms with Gasteiger partial charge in [-0.05, 0) is 65.9 Å². The number of benzene rings is 4. The summed E-state index contributed by atoms with van der Waals surface area (Å²) in [5.74, 6) is -2.93. The van der Waals surface area contributed by atoms with E-state index in [-0.39, 0.29) is 43.0 Å². The average Bonchev–Trinajstić information content (AvgIpc) is 3.26. The molecule has 352 valence electrons. The molecule has 0 aliphatic carbocycles. The van der Waals surface area contributed by atoms with Gasteiger partial charge in [0.2, 0.25) is 33.7 Å². The number of aryl methyl sites for hydroxylation is 1. The molecule has 0 aromatic heterocycles. The fourth-order valence-electron chi connectivity index (χ4n) is 5.08. The highest BCUT2D eigenvalue weighted by Crippen LogP contribution is 2.14. The first-order valence-electron chi connectivity index (χ1n) is 19.0. The van der Waals surface area contributed by atoms with Crippen LogP contribution in [0.4, 0.5) is 11.4 Å². The Morgan fingerprint density at radius 2 is 1.17 bits per heavy atom. The Morgan fingerprint density at radius 1 is 0.662 bits per heavy atom. The van der Waals surface area contributed by atoms with E-state index in [1.54, 1.807) is 78.9 Å². The highest BCUT2D eigenvalue weighted by atomic mass is 35.5. The lowest BCUT2D eigenvalue weighted by atomic mass is 10.0.